The molecule has 57 heavy (non-hydrogen) atoms. The lowest BCUT2D eigenvalue weighted by molar-refractivity contribution is -0.285. The lowest BCUT2D eigenvalue weighted by Gasteiger charge is -2.44. The van der Waals surface area contributed by atoms with Crippen molar-refractivity contribution in [2.75, 3.05) is 6.61 Å². The van der Waals surface area contributed by atoms with Crippen LogP contribution in [0.5, 0.6) is 0 Å². The molecule has 11 heteroatoms. The maximum absolute atomic E-state index is 14.1. The minimum atomic E-state index is -4.62. The van der Waals surface area contributed by atoms with Gasteiger partial charge < -0.3 is 24.1 Å². The number of hydrogen-bond donors (Lipinski definition) is 1. The Kier molecular flexibility index (Phi) is 12.0. The number of rotatable bonds is 13. The third-order valence-corrected chi connectivity index (χ3v) is 11.0. The Morgan fingerprint density at radius 3 is 1.42 bits per heavy atom. The van der Waals surface area contributed by atoms with Gasteiger partial charge in [0, 0.05) is 0 Å². The van der Waals surface area contributed by atoms with Gasteiger partial charge in [-0.1, -0.05) is 145 Å². The van der Waals surface area contributed by atoms with E-state index in [1.807, 2.05) is 97.9 Å². The number of benzene rings is 6. The van der Waals surface area contributed by atoms with Gasteiger partial charge in [-0.3, -0.25) is 4.18 Å². The van der Waals surface area contributed by atoms with Crippen molar-refractivity contribution < 1.29 is 46.2 Å². The standard InChI is InChI=1S/C46H40O10S/c1-32-27-29-38(30-28-32)57(50,51)56-40-39(31-52-46(35-21-11-4-12-22-35,36-23-13-5-14-24-36)37-25-15-6-16-26-37)53-45(49)42(55-44(48)34-19-9-3-10-20-34)41(40)54-43(47)33-17-7-2-8-18-33/h2-30,39-42,45,49H,31H2,1H3/t39-,40+,41-,42-,45+/m1/s1. The van der Waals surface area contributed by atoms with Crippen LogP contribution in [0.3, 0.4) is 0 Å². The first kappa shape index (κ1) is 39.3. The molecule has 1 saturated heterocycles. The number of esters is 2. The van der Waals surface area contributed by atoms with E-state index in [1.165, 1.54) is 36.4 Å². The van der Waals surface area contributed by atoms with Crippen molar-refractivity contribution in [3.63, 3.8) is 0 Å². The molecule has 0 unspecified atom stereocenters. The van der Waals surface area contributed by atoms with Crippen molar-refractivity contribution in [1.29, 1.82) is 0 Å². The van der Waals surface area contributed by atoms with Gasteiger partial charge in [-0.15, -0.1) is 0 Å². The minimum Gasteiger partial charge on any atom is -0.452 e. The maximum Gasteiger partial charge on any atom is 0.338 e. The zero-order valence-corrected chi connectivity index (χ0v) is 31.7. The van der Waals surface area contributed by atoms with E-state index >= 15 is 0 Å². The lowest BCUT2D eigenvalue weighted by Crippen LogP contribution is -2.62. The Labute approximate surface area is 331 Å². The van der Waals surface area contributed by atoms with Crippen LogP contribution in [0, 0.1) is 6.92 Å². The van der Waals surface area contributed by atoms with Crippen molar-refractivity contribution in [3.8, 4) is 0 Å². The molecule has 0 aromatic heterocycles. The van der Waals surface area contributed by atoms with Crippen LogP contribution >= 0.6 is 0 Å². The molecule has 7 rings (SSSR count). The van der Waals surface area contributed by atoms with Crippen molar-refractivity contribution in [1.82, 2.24) is 0 Å². The Bertz CT molecular complexity index is 2250. The van der Waals surface area contributed by atoms with Crippen LogP contribution in [-0.2, 0) is 38.8 Å². The average Bonchev–Trinajstić information content (AvgIpc) is 3.25. The van der Waals surface area contributed by atoms with Crippen LogP contribution in [0.4, 0.5) is 0 Å². The topological polar surface area (TPSA) is 135 Å². The van der Waals surface area contributed by atoms with Crippen LogP contribution in [0.15, 0.2) is 181 Å². The van der Waals surface area contributed by atoms with E-state index in [4.69, 9.17) is 23.1 Å². The molecule has 0 aliphatic carbocycles. The molecule has 1 N–H and O–H groups in total. The largest absolute Gasteiger partial charge is 0.452 e. The van der Waals surface area contributed by atoms with Gasteiger partial charge in [0.25, 0.3) is 10.1 Å². The second kappa shape index (κ2) is 17.5. The number of aliphatic hydroxyl groups is 1. The van der Waals surface area contributed by atoms with Crippen LogP contribution in [0.2, 0.25) is 0 Å². The summed E-state index contributed by atoms with van der Waals surface area (Å²) in [5.74, 6) is -1.77. The molecular formula is C46H40O10S. The number of aliphatic hydroxyl groups excluding tert-OH is 1. The van der Waals surface area contributed by atoms with Gasteiger partial charge in [-0.2, -0.15) is 8.42 Å². The summed E-state index contributed by atoms with van der Waals surface area (Å²) in [5.41, 5.74) is 1.99. The summed E-state index contributed by atoms with van der Waals surface area (Å²) in [5, 5.41) is 11.7. The van der Waals surface area contributed by atoms with Gasteiger partial charge in [0.15, 0.2) is 18.5 Å². The van der Waals surface area contributed by atoms with Crippen LogP contribution in [-0.4, -0.2) is 62.8 Å². The van der Waals surface area contributed by atoms with Crippen molar-refractivity contribution in [2.24, 2.45) is 0 Å². The molecule has 5 atom stereocenters. The van der Waals surface area contributed by atoms with Crippen molar-refractivity contribution in [2.45, 2.75) is 48.1 Å². The highest BCUT2D eigenvalue weighted by Gasteiger charge is 2.53. The smallest absolute Gasteiger partial charge is 0.338 e. The highest BCUT2D eigenvalue weighted by atomic mass is 32.2. The summed E-state index contributed by atoms with van der Waals surface area (Å²) < 4.78 is 59.2. The third-order valence-electron chi connectivity index (χ3n) is 9.67. The van der Waals surface area contributed by atoms with E-state index in [-0.39, 0.29) is 16.0 Å². The number of carbonyl (C=O) groups is 2. The number of ether oxygens (including phenoxy) is 4. The molecule has 0 bridgehead atoms. The highest BCUT2D eigenvalue weighted by Crippen LogP contribution is 2.42. The summed E-state index contributed by atoms with van der Waals surface area (Å²) in [7, 11) is -4.62. The fourth-order valence-electron chi connectivity index (χ4n) is 6.82. The monoisotopic (exact) mass is 784 g/mol. The van der Waals surface area contributed by atoms with Crippen LogP contribution in [0.1, 0.15) is 43.0 Å². The molecule has 1 aliphatic heterocycles. The summed E-state index contributed by atoms with van der Waals surface area (Å²) in [6.45, 7) is 1.40. The van der Waals surface area contributed by atoms with E-state index < -0.39 is 65.0 Å². The molecule has 1 fully saturated rings. The van der Waals surface area contributed by atoms with E-state index in [0.717, 1.165) is 22.3 Å². The third kappa shape index (κ3) is 8.73. The van der Waals surface area contributed by atoms with E-state index in [1.54, 1.807) is 48.5 Å². The molecule has 6 aromatic rings. The Hall–Kier alpha value is -5.95. The molecule has 290 valence electrons. The second-order valence-electron chi connectivity index (χ2n) is 13.5. The Morgan fingerprint density at radius 2 is 0.982 bits per heavy atom. The van der Waals surface area contributed by atoms with E-state index in [2.05, 4.69) is 0 Å². The van der Waals surface area contributed by atoms with Gasteiger partial charge in [0.1, 0.15) is 17.8 Å². The summed E-state index contributed by atoms with van der Waals surface area (Å²) >= 11 is 0. The van der Waals surface area contributed by atoms with Gasteiger partial charge in [-0.05, 0) is 60.0 Å². The first-order chi connectivity index (χ1) is 27.7. The normalized spacial score (nSPS) is 19.6. The number of hydrogen-bond acceptors (Lipinski definition) is 10. The zero-order valence-electron chi connectivity index (χ0n) is 30.9. The molecule has 1 aliphatic rings. The van der Waals surface area contributed by atoms with Crippen molar-refractivity contribution >= 4 is 22.1 Å². The Balaban J connectivity index is 1.34. The second-order valence-corrected chi connectivity index (χ2v) is 15.0. The maximum atomic E-state index is 14.1. The molecule has 0 amide bonds. The summed E-state index contributed by atoms with van der Waals surface area (Å²) in [4.78, 5) is 27.1. The molecule has 10 nitrogen and oxygen atoms in total. The predicted molar refractivity (Wildman–Crippen MR) is 211 cm³/mol. The molecule has 1 heterocycles. The fourth-order valence-corrected chi connectivity index (χ4v) is 7.93. The lowest BCUT2D eigenvalue weighted by atomic mass is 9.80. The Morgan fingerprint density at radius 1 is 0.579 bits per heavy atom. The highest BCUT2D eigenvalue weighted by molar-refractivity contribution is 7.86. The minimum absolute atomic E-state index is 0.121. The fraction of sp³-hybridized carbons (Fsp3) is 0.174. The number of carbonyl (C=O) groups excluding carboxylic acids is 2. The molecule has 6 aromatic carbocycles. The number of aryl methyl sites for hydroxylation is 1. The van der Waals surface area contributed by atoms with E-state index in [0.29, 0.717) is 0 Å². The molecular weight excluding hydrogens is 745 g/mol. The van der Waals surface area contributed by atoms with Gasteiger partial charge >= 0.3 is 11.9 Å². The molecule has 0 saturated carbocycles. The van der Waals surface area contributed by atoms with Gasteiger partial charge in [-0.25, -0.2) is 9.59 Å². The van der Waals surface area contributed by atoms with Gasteiger partial charge in [0.05, 0.1) is 22.6 Å². The summed E-state index contributed by atoms with van der Waals surface area (Å²) in [6, 6.07) is 50.4. The molecule has 0 radical (unpaired) electrons. The quantitative estimate of drug-likeness (QED) is 0.0726. The van der Waals surface area contributed by atoms with Gasteiger partial charge in [0.2, 0.25) is 0 Å². The zero-order chi connectivity index (χ0) is 39.8. The first-order valence-electron chi connectivity index (χ1n) is 18.3. The average molecular weight is 785 g/mol. The van der Waals surface area contributed by atoms with Crippen LogP contribution < -0.4 is 0 Å². The first-order valence-corrected chi connectivity index (χ1v) is 19.7. The van der Waals surface area contributed by atoms with Crippen molar-refractivity contribution in [3.05, 3.63) is 209 Å². The van der Waals surface area contributed by atoms with E-state index in [9.17, 15) is 23.1 Å². The summed E-state index contributed by atoms with van der Waals surface area (Å²) in [6.07, 6.45) is -8.57. The SMILES string of the molecule is Cc1ccc(S(=O)(=O)O[C@@H]2[C@@H](OC(=O)c3ccccc3)[C@@H](OC(=O)c3ccccc3)[C@@H](O)O[C@@H]2COC(c2ccccc2)(c2ccccc2)c2ccccc2)cc1. The predicted octanol–water partition coefficient (Wildman–Crippen LogP) is 7.25. The molecule has 0 spiro atoms. The van der Waals surface area contributed by atoms with Crippen LogP contribution in [0.25, 0.3) is 0 Å².